The second kappa shape index (κ2) is 8.05. The van der Waals surface area contributed by atoms with Crippen molar-refractivity contribution in [1.29, 1.82) is 0 Å². The Morgan fingerprint density at radius 1 is 0.781 bits per heavy atom. The number of fused-ring (bicyclic) bond motifs is 3. The van der Waals surface area contributed by atoms with Crippen LogP contribution < -0.4 is 14.2 Å². The van der Waals surface area contributed by atoms with Crippen molar-refractivity contribution in [2.24, 2.45) is 0 Å². The number of rotatable bonds is 5. The fraction of sp³-hybridized carbons (Fsp3) is 0.120. The summed E-state index contributed by atoms with van der Waals surface area (Å²) in [7, 11) is 4.88. The number of pyridine rings is 1. The highest BCUT2D eigenvalue weighted by Crippen LogP contribution is 2.38. The molecule has 0 aliphatic rings. The molecule has 6 nitrogen and oxygen atoms in total. The van der Waals surface area contributed by atoms with Crippen molar-refractivity contribution in [3.8, 4) is 34.2 Å². The molecule has 2 heterocycles. The summed E-state index contributed by atoms with van der Waals surface area (Å²) >= 11 is 6.13. The summed E-state index contributed by atoms with van der Waals surface area (Å²) in [6.07, 6.45) is 1.85. The molecule has 160 valence electrons. The minimum Gasteiger partial charge on any atom is -0.497 e. The van der Waals surface area contributed by atoms with E-state index in [0.717, 1.165) is 44.5 Å². The lowest BCUT2D eigenvalue weighted by Crippen LogP contribution is -1.98. The van der Waals surface area contributed by atoms with Gasteiger partial charge in [0.25, 0.3) is 0 Å². The molecule has 0 unspecified atom stereocenters. The van der Waals surface area contributed by atoms with Crippen LogP contribution in [-0.2, 0) is 0 Å². The van der Waals surface area contributed by atoms with Crippen LogP contribution in [0.2, 0.25) is 5.02 Å². The summed E-state index contributed by atoms with van der Waals surface area (Å²) in [4.78, 5) is 4.70. The first-order valence-electron chi connectivity index (χ1n) is 9.96. The number of hydrogen-bond donors (Lipinski definition) is 0. The van der Waals surface area contributed by atoms with Gasteiger partial charge >= 0.3 is 0 Å². The Balaban J connectivity index is 1.86. The predicted molar refractivity (Wildman–Crippen MR) is 126 cm³/mol. The molecule has 7 heteroatoms. The number of benzene rings is 3. The van der Waals surface area contributed by atoms with Gasteiger partial charge in [-0.3, -0.25) is 4.98 Å². The molecule has 5 aromatic rings. The van der Waals surface area contributed by atoms with Crippen LogP contribution in [0.25, 0.3) is 38.8 Å². The molecule has 0 atom stereocenters. The standard InChI is InChI=1S/C25H20ClN3O3/c1-30-18-10-4-15(5-11-18)24-20-14-27-21-13-23(32-3)22(31-2)12-19(21)25(20)29(28-24)17-8-6-16(26)7-9-17/h4-14H,1-3H3. The first-order chi connectivity index (χ1) is 15.6. The van der Waals surface area contributed by atoms with Crippen LogP contribution in [0, 0.1) is 0 Å². The highest BCUT2D eigenvalue weighted by molar-refractivity contribution is 6.30. The summed E-state index contributed by atoms with van der Waals surface area (Å²) in [6.45, 7) is 0. The normalized spacial score (nSPS) is 11.1. The molecule has 5 rings (SSSR count). The Morgan fingerprint density at radius 2 is 1.47 bits per heavy atom. The summed E-state index contributed by atoms with van der Waals surface area (Å²) in [5, 5.41) is 7.48. The maximum Gasteiger partial charge on any atom is 0.162 e. The van der Waals surface area contributed by atoms with Gasteiger partial charge < -0.3 is 14.2 Å². The average molecular weight is 446 g/mol. The minimum absolute atomic E-state index is 0.625. The maximum atomic E-state index is 6.13. The van der Waals surface area contributed by atoms with Crippen molar-refractivity contribution in [1.82, 2.24) is 14.8 Å². The molecule has 0 saturated carbocycles. The second-order valence-electron chi connectivity index (χ2n) is 7.21. The van der Waals surface area contributed by atoms with E-state index in [9.17, 15) is 0 Å². The fourth-order valence-corrected chi connectivity index (χ4v) is 3.97. The molecule has 3 aromatic carbocycles. The van der Waals surface area contributed by atoms with E-state index in [-0.39, 0.29) is 0 Å². The molecule has 0 radical (unpaired) electrons. The first kappa shape index (κ1) is 20.2. The Bertz CT molecular complexity index is 1430. The monoisotopic (exact) mass is 445 g/mol. The maximum absolute atomic E-state index is 6.13. The van der Waals surface area contributed by atoms with Gasteiger partial charge in [-0.15, -0.1) is 0 Å². The Labute approximate surface area is 189 Å². The molecule has 0 N–H and O–H groups in total. The van der Waals surface area contributed by atoms with E-state index in [1.165, 1.54) is 0 Å². The summed E-state index contributed by atoms with van der Waals surface area (Å²) in [5.74, 6) is 2.04. The van der Waals surface area contributed by atoms with Crippen LogP contribution in [0.1, 0.15) is 0 Å². The first-order valence-corrected chi connectivity index (χ1v) is 10.3. The largest absolute Gasteiger partial charge is 0.497 e. The van der Waals surface area contributed by atoms with Crippen LogP contribution in [0.4, 0.5) is 0 Å². The van der Waals surface area contributed by atoms with Crippen molar-refractivity contribution >= 4 is 33.4 Å². The van der Waals surface area contributed by atoms with Gasteiger partial charge in [-0.25, -0.2) is 4.68 Å². The van der Waals surface area contributed by atoms with Gasteiger partial charge in [0.15, 0.2) is 11.5 Å². The fourth-order valence-electron chi connectivity index (χ4n) is 3.84. The SMILES string of the molecule is COc1ccc(-c2nn(-c3ccc(Cl)cc3)c3c2cnc2cc(OC)c(OC)cc23)cc1. The number of hydrogen-bond acceptors (Lipinski definition) is 5. The number of ether oxygens (including phenoxy) is 3. The molecule has 0 amide bonds. The number of methoxy groups -OCH3 is 3. The third-order valence-electron chi connectivity index (χ3n) is 5.45. The summed E-state index contributed by atoms with van der Waals surface area (Å²) in [5.41, 5.74) is 4.38. The van der Waals surface area contributed by atoms with Crippen LogP contribution in [0.5, 0.6) is 17.2 Å². The Kier molecular flexibility index (Phi) is 5.07. The zero-order chi connectivity index (χ0) is 22.2. The van der Waals surface area contributed by atoms with Crippen molar-refractivity contribution in [2.75, 3.05) is 21.3 Å². The average Bonchev–Trinajstić information content (AvgIpc) is 3.23. The van der Waals surface area contributed by atoms with Gasteiger partial charge in [-0.1, -0.05) is 11.6 Å². The lowest BCUT2D eigenvalue weighted by atomic mass is 10.1. The van der Waals surface area contributed by atoms with Crippen LogP contribution in [-0.4, -0.2) is 36.1 Å². The van der Waals surface area contributed by atoms with Gasteiger partial charge in [0, 0.05) is 33.6 Å². The van der Waals surface area contributed by atoms with Gasteiger partial charge in [-0.2, -0.15) is 5.10 Å². The molecular weight excluding hydrogens is 426 g/mol. The Morgan fingerprint density at radius 3 is 2.12 bits per heavy atom. The van der Waals surface area contributed by atoms with E-state index in [0.29, 0.717) is 16.5 Å². The summed E-state index contributed by atoms with van der Waals surface area (Å²) < 4.78 is 18.2. The van der Waals surface area contributed by atoms with E-state index in [4.69, 9.17) is 35.9 Å². The van der Waals surface area contributed by atoms with Crippen LogP contribution in [0.15, 0.2) is 66.9 Å². The lowest BCUT2D eigenvalue weighted by molar-refractivity contribution is 0.356. The second-order valence-corrected chi connectivity index (χ2v) is 7.65. The van der Waals surface area contributed by atoms with E-state index in [1.807, 2.05) is 71.5 Å². The van der Waals surface area contributed by atoms with E-state index >= 15 is 0 Å². The molecular formula is C25H20ClN3O3. The van der Waals surface area contributed by atoms with Gasteiger partial charge in [0.2, 0.25) is 0 Å². The third kappa shape index (κ3) is 3.29. The smallest absolute Gasteiger partial charge is 0.162 e. The van der Waals surface area contributed by atoms with Crippen molar-refractivity contribution in [2.45, 2.75) is 0 Å². The highest BCUT2D eigenvalue weighted by atomic mass is 35.5. The molecule has 0 fully saturated rings. The highest BCUT2D eigenvalue weighted by Gasteiger charge is 2.19. The van der Waals surface area contributed by atoms with E-state index < -0.39 is 0 Å². The number of halogens is 1. The van der Waals surface area contributed by atoms with E-state index in [1.54, 1.807) is 21.3 Å². The van der Waals surface area contributed by atoms with Gasteiger partial charge in [0.05, 0.1) is 38.1 Å². The molecule has 0 aliphatic heterocycles. The minimum atomic E-state index is 0.625. The van der Waals surface area contributed by atoms with Gasteiger partial charge in [0.1, 0.15) is 11.4 Å². The van der Waals surface area contributed by atoms with Crippen LogP contribution in [0.3, 0.4) is 0 Å². The summed E-state index contributed by atoms with van der Waals surface area (Å²) in [6, 6.07) is 19.2. The predicted octanol–water partition coefficient (Wildman–Crippen LogP) is 5.92. The zero-order valence-electron chi connectivity index (χ0n) is 17.8. The number of nitrogens with zero attached hydrogens (tertiary/aromatic N) is 3. The van der Waals surface area contributed by atoms with Crippen molar-refractivity contribution < 1.29 is 14.2 Å². The molecule has 0 aliphatic carbocycles. The molecule has 0 bridgehead atoms. The quantitative estimate of drug-likeness (QED) is 0.336. The third-order valence-corrected chi connectivity index (χ3v) is 5.70. The molecule has 2 aromatic heterocycles. The number of aromatic nitrogens is 3. The lowest BCUT2D eigenvalue weighted by Gasteiger charge is -2.11. The van der Waals surface area contributed by atoms with Gasteiger partial charge in [-0.05, 0) is 54.6 Å². The Hall–Kier alpha value is -3.77. The topological polar surface area (TPSA) is 58.4 Å². The molecule has 32 heavy (non-hydrogen) atoms. The van der Waals surface area contributed by atoms with Crippen LogP contribution >= 0.6 is 11.6 Å². The zero-order valence-corrected chi connectivity index (χ0v) is 18.6. The molecule has 0 saturated heterocycles. The molecule has 0 spiro atoms. The van der Waals surface area contributed by atoms with Crippen molar-refractivity contribution in [3.05, 3.63) is 71.9 Å². The van der Waals surface area contributed by atoms with E-state index in [2.05, 4.69) is 0 Å². The van der Waals surface area contributed by atoms with Crippen molar-refractivity contribution in [3.63, 3.8) is 0 Å².